The normalized spacial score (nSPS) is 15.2. The van der Waals surface area contributed by atoms with Gasteiger partial charge in [-0.3, -0.25) is 4.57 Å². The van der Waals surface area contributed by atoms with E-state index in [1.807, 2.05) is 17.8 Å². The van der Waals surface area contributed by atoms with Gasteiger partial charge in [0.25, 0.3) is 0 Å². The number of hydrogen-bond donors (Lipinski definition) is 1. The molecule has 2 aliphatic heterocycles. The van der Waals surface area contributed by atoms with E-state index in [-0.39, 0.29) is 0 Å². The van der Waals surface area contributed by atoms with Crippen LogP contribution in [0.4, 0.5) is 0 Å². The van der Waals surface area contributed by atoms with E-state index in [2.05, 4.69) is 154 Å². The summed E-state index contributed by atoms with van der Waals surface area (Å²) >= 11 is 1.82. The number of hydrogen-bond acceptors (Lipinski definition) is 4. The van der Waals surface area contributed by atoms with Gasteiger partial charge in [-0.2, -0.15) is 0 Å². The summed E-state index contributed by atoms with van der Waals surface area (Å²) in [6.45, 7) is 0. The predicted octanol–water partition coefficient (Wildman–Crippen LogP) is 9.79. The highest BCUT2D eigenvalue weighted by Crippen LogP contribution is 2.45. The van der Waals surface area contributed by atoms with Gasteiger partial charge < -0.3 is 14.3 Å². The lowest BCUT2D eigenvalue weighted by Crippen LogP contribution is -2.43. The molecule has 0 amide bonds. The van der Waals surface area contributed by atoms with Crippen molar-refractivity contribution in [1.29, 1.82) is 0 Å². The van der Waals surface area contributed by atoms with Crippen LogP contribution in [-0.4, -0.2) is 9.13 Å². The van der Waals surface area contributed by atoms with Gasteiger partial charge in [0.15, 0.2) is 5.58 Å². The molecule has 0 spiro atoms. The molecule has 7 aromatic carbocycles. The second kappa shape index (κ2) is 9.68. The predicted molar refractivity (Wildman–Crippen MR) is 204 cm³/mol. The number of para-hydroxylation sites is 3. The summed E-state index contributed by atoms with van der Waals surface area (Å²) in [7, 11) is 0. The van der Waals surface area contributed by atoms with Crippen LogP contribution < -0.4 is 15.9 Å². The zero-order valence-corrected chi connectivity index (χ0v) is 27.4. The van der Waals surface area contributed by atoms with Crippen LogP contribution >= 0.6 is 11.8 Å². The molecule has 10 aromatic rings. The van der Waals surface area contributed by atoms with Crippen LogP contribution in [0.3, 0.4) is 0 Å². The van der Waals surface area contributed by atoms with Gasteiger partial charge in [-0.25, -0.2) is 4.99 Å². The third kappa shape index (κ3) is 3.40. The molecule has 1 unspecified atom stereocenters. The first-order valence-electron chi connectivity index (χ1n) is 16.9. The highest BCUT2D eigenvalue weighted by atomic mass is 32.2. The number of rotatable bonds is 2. The van der Waals surface area contributed by atoms with Crippen LogP contribution in [0.1, 0.15) is 11.9 Å². The van der Waals surface area contributed by atoms with Crippen molar-refractivity contribution < 1.29 is 4.42 Å². The van der Waals surface area contributed by atoms with Crippen molar-refractivity contribution >= 4 is 83.0 Å². The van der Waals surface area contributed by atoms with Crippen molar-refractivity contribution in [2.45, 2.75) is 16.1 Å². The minimum absolute atomic E-state index is 0.449. The number of fused-ring (bicyclic) bond motifs is 13. The van der Waals surface area contributed by atoms with Crippen molar-refractivity contribution in [3.63, 3.8) is 0 Å². The second-order valence-electron chi connectivity index (χ2n) is 13.1. The van der Waals surface area contributed by atoms with E-state index in [1.54, 1.807) is 0 Å². The largest absolute Gasteiger partial charge is 0.454 e. The van der Waals surface area contributed by atoms with Crippen LogP contribution in [0, 0.1) is 0 Å². The van der Waals surface area contributed by atoms with Gasteiger partial charge in [-0.15, -0.1) is 0 Å². The summed E-state index contributed by atoms with van der Waals surface area (Å²) in [6, 6.07) is 52.0. The summed E-state index contributed by atoms with van der Waals surface area (Å²) in [4.78, 5) is 8.01. The lowest BCUT2D eigenvalue weighted by molar-refractivity contribution is 0.487. The Morgan fingerprint density at radius 1 is 0.560 bits per heavy atom. The van der Waals surface area contributed by atoms with Gasteiger partial charge in [0.05, 0.1) is 33.1 Å². The first-order chi connectivity index (χ1) is 24.8. The van der Waals surface area contributed by atoms with E-state index in [4.69, 9.17) is 9.41 Å². The molecule has 0 saturated heterocycles. The molecule has 0 aliphatic carbocycles. The average Bonchev–Trinajstić information content (AvgIpc) is 3.83. The molecule has 1 N–H and O–H groups in total. The zero-order valence-electron chi connectivity index (χ0n) is 26.6. The van der Waals surface area contributed by atoms with Crippen molar-refractivity contribution in [2.75, 3.05) is 0 Å². The molecule has 3 aromatic heterocycles. The molecular formula is C44H26N4OS. The van der Waals surface area contributed by atoms with Gasteiger partial charge in [-0.05, 0) is 48.5 Å². The summed E-state index contributed by atoms with van der Waals surface area (Å²) in [6.07, 6.45) is -0.449. The van der Waals surface area contributed by atoms with E-state index in [0.717, 1.165) is 66.0 Å². The molecule has 1 atom stereocenters. The first kappa shape index (κ1) is 26.7. The monoisotopic (exact) mass is 658 g/mol. The maximum Gasteiger partial charge on any atom is 0.201 e. The van der Waals surface area contributed by atoms with Crippen molar-refractivity contribution in [1.82, 2.24) is 14.5 Å². The fourth-order valence-corrected chi connectivity index (χ4v) is 9.60. The number of aromatic nitrogens is 2. The topological polar surface area (TPSA) is 47.4 Å². The molecule has 12 rings (SSSR count). The zero-order chi connectivity index (χ0) is 32.5. The van der Waals surface area contributed by atoms with Gasteiger partial charge in [-0.1, -0.05) is 109 Å². The fraction of sp³-hybridized carbons (Fsp3) is 0.0227. The SMILES string of the molecule is c1ccc(-n2c3ccccc3c3ccc4c5ccc6c7ccccc7oc6c5n(C5N=c6cccc7c6=C(N5)c5ccccc5S7)c4c32)cc1. The van der Waals surface area contributed by atoms with E-state index in [1.165, 1.54) is 36.9 Å². The van der Waals surface area contributed by atoms with Crippen molar-refractivity contribution in [2.24, 2.45) is 4.99 Å². The Labute approximate surface area is 289 Å². The van der Waals surface area contributed by atoms with Gasteiger partial charge in [0, 0.05) is 58.6 Å². The summed E-state index contributed by atoms with van der Waals surface area (Å²) in [5.74, 6) is 0. The maximum atomic E-state index is 6.81. The fourth-order valence-electron chi connectivity index (χ4n) is 8.48. The lowest BCUT2D eigenvalue weighted by atomic mass is 10.1. The molecule has 6 heteroatoms. The third-order valence-corrected chi connectivity index (χ3v) is 11.7. The minimum atomic E-state index is -0.449. The Morgan fingerprint density at radius 3 is 2.16 bits per heavy atom. The van der Waals surface area contributed by atoms with Crippen LogP contribution in [0.15, 0.2) is 165 Å². The molecule has 0 radical (unpaired) electrons. The summed E-state index contributed by atoms with van der Waals surface area (Å²) in [5.41, 5.74) is 9.66. The molecule has 2 aliphatic rings. The Balaban J connectivity index is 1.30. The lowest BCUT2D eigenvalue weighted by Gasteiger charge is -2.29. The third-order valence-electron chi connectivity index (χ3n) is 10.5. The average molecular weight is 659 g/mol. The van der Waals surface area contributed by atoms with E-state index in [0.29, 0.717) is 0 Å². The van der Waals surface area contributed by atoms with Crippen molar-refractivity contribution in [3.8, 4) is 5.69 Å². The Kier molecular flexibility index (Phi) is 5.17. The number of benzene rings is 7. The van der Waals surface area contributed by atoms with E-state index < -0.39 is 6.29 Å². The van der Waals surface area contributed by atoms with Crippen LogP contribution in [-0.2, 0) is 0 Å². The van der Waals surface area contributed by atoms with Crippen LogP contribution in [0.2, 0.25) is 0 Å². The van der Waals surface area contributed by atoms with E-state index in [9.17, 15) is 0 Å². The molecule has 50 heavy (non-hydrogen) atoms. The summed E-state index contributed by atoms with van der Waals surface area (Å²) < 4.78 is 11.7. The molecule has 234 valence electrons. The first-order valence-corrected chi connectivity index (χ1v) is 17.7. The highest BCUT2D eigenvalue weighted by molar-refractivity contribution is 7.99. The Hall–Kier alpha value is -6.24. The molecular weight excluding hydrogens is 633 g/mol. The summed E-state index contributed by atoms with van der Waals surface area (Å²) in [5, 5.41) is 13.1. The van der Waals surface area contributed by atoms with Gasteiger partial charge in [0.2, 0.25) is 6.29 Å². The standard InChI is InChI=1S/C44H26N4OS/c1-2-11-25(12-3-1)47-34-17-7-4-13-26(34)28-21-22-29-30-23-24-31-27-14-5-8-18-35(27)49-43(31)42(30)48(41(29)40(28)47)44-45-33-16-10-20-37-38(33)39(46-44)32-15-6-9-19-36(32)50-37/h1-24,44,46H. The molecule has 0 bridgehead atoms. The number of furan rings is 1. The number of nitrogens with zero attached hydrogens (tertiary/aromatic N) is 3. The van der Waals surface area contributed by atoms with Crippen molar-refractivity contribution in [3.05, 3.63) is 162 Å². The van der Waals surface area contributed by atoms with Crippen LogP contribution in [0.5, 0.6) is 0 Å². The highest BCUT2D eigenvalue weighted by Gasteiger charge is 2.30. The van der Waals surface area contributed by atoms with Crippen LogP contribution in [0.25, 0.3) is 76.9 Å². The molecule has 0 saturated carbocycles. The Morgan fingerprint density at radius 2 is 1.26 bits per heavy atom. The smallest absolute Gasteiger partial charge is 0.201 e. The minimum Gasteiger partial charge on any atom is -0.454 e. The van der Waals surface area contributed by atoms with Gasteiger partial charge >= 0.3 is 0 Å². The molecule has 0 fully saturated rings. The molecule has 5 heterocycles. The van der Waals surface area contributed by atoms with Gasteiger partial charge in [0.1, 0.15) is 5.58 Å². The molecule has 5 nitrogen and oxygen atoms in total. The quantitative estimate of drug-likeness (QED) is 0.201. The number of nitrogens with one attached hydrogen (secondary N) is 1. The maximum absolute atomic E-state index is 6.81. The Bertz CT molecular complexity index is 3220. The second-order valence-corrected chi connectivity index (χ2v) is 14.2. The van der Waals surface area contributed by atoms with E-state index >= 15 is 0 Å².